The van der Waals surface area contributed by atoms with Crippen LogP contribution in [0.3, 0.4) is 0 Å². The summed E-state index contributed by atoms with van der Waals surface area (Å²) in [6, 6.07) is 12.4. The van der Waals surface area contributed by atoms with Crippen LogP contribution in [0.4, 0.5) is 0 Å². The van der Waals surface area contributed by atoms with Crippen LogP contribution >= 0.6 is 12.4 Å². The highest BCUT2D eigenvalue weighted by Crippen LogP contribution is 2.25. The first kappa shape index (κ1) is 13.0. The summed E-state index contributed by atoms with van der Waals surface area (Å²) in [7, 11) is 0. The van der Waals surface area contributed by atoms with Crippen LogP contribution in [0, 0.1) is 6.92 Å². The molecule has 0 bridgehead atoms. The van der Waals surface area contributed by atoms with Crippen molar-refractivity contribution in [3.8, 4) is 0 Å². The monoisotopic (exact) mass is 236 g/mol. The molecule has 16 heavy (non-hydrogen) atoms. The summed E-state index contributed by atoms with van der Waals surface area (Å²) in [5.41, 5.74) is 14.0. The van der Waals surface area contributed by atoms with Crippen LogP contribution in [0.25, 0.3) is 10.8 Å². The lowest BCUT2D eigenvalue weighted by Gasteiger charge is -2.13. The van der Waals surface area contributed by atoms with Gasteiger partial charge in [0.25, 0.3) is 0 Å². The molecule has 4 N–H and O–H groups in total. The maximum Gasteiger partial charge on any atom is 0.0425 e. The Balaban J connectivity index is 0.00000128. The van der Waals surface area contributed by atoms with Crippen LogP contribution in [0.5, 0.6) is 0 Å². The van der Waals surface area contributed by atoms with E-state index >= 15 is 0 Å². The molecule has 2 nitrogen and oxygen atoms in total. The second-order valence-electron chi connectivity index (χ2n) is 3.86. The molecule has 2 rings (SSSR count). The fourth-order valence-electron chi connectivity index (χ4n) is 1.92. The van der Waals surface area contributed by atoms with Crippen molar-refractivity contribution in [1.29, 1.82) is 0 Å². The van der Waals surface area contributed by atoms with Gasteiger partial charge in [0, 0.05) is 12.6 Å². The zero-order chi connectivity index (χ0) is 10.8. The number of rotatable bonds is 2. The first-order chi connectivity index (χ1) is 7.24. The molecule has 0 saturated heterocycles. The van der Waals surface area contributed by atoms with Gasteiger partial charge in [0.1, 0.15) is 0 Å². The molecule has 0 saturated carbocycles. The highest BCUT2D eigenvalue weighted by Gasteiger charge is 2.08. The smallest absolute Gasteiger partial charge is 0.0425 e. The van der Waals surface area contributed by atoms with Gasteiger partial charge in [-0.15, -0.1) is 12.4 Å². The van der Waals surface area contributed by atoms with Gasteiger partial charge in [0.05, 0.1) is 0 Å². The molecule has 0 amide bonds. The summed E-state index contributed by atoms with van der Waals surface area (Å²) in [6.45, 7) is 2.59. The van der Waals surface area contributed by atoms with Crippen LogP contribution in [-0.4, -0.2) is 6.54 Å². The van der Waals surface area contributed by atoms with Crippen molar-refractivity contribution in [2.45, 2.75) is 13.0 Å². The molecular formula is C13H17ClN2. The van der Waals surface area contributed by atoms with E-state index in [1.807, 2.05) is 12.1 Å². The predicted molar refractivity (Wildman–Crippen MR) is 71.9 cm³/mol. The Kier molecular flexibility index (Phi) is 4.30. The molecule has 0 unspecified atom stereocenters. The van der Waals surface area contributed by atoms with Crippen molar-refractivity contribution in [2.24, 2.45) is 11.5 Å². The number of fused-ring (bicyclic) bond motifs is 1. The van der Waals surface area contributed by atoms with Crippen molar-refractivity contribution in [3.63, 3.8) is 0 Å². The van der Waals surface area contributed by atoms with Crippen molar-refractivity contribution in [3.05, 3.63) is 47.5 Å². The number of nitrogens with two attached hydrogens (primary N) is 2. The number of halogens is 1. The lowest BCUT2D eigenvalue weighted by Crippen LogP contribution is -2.20. The second-order valence-corrected chi connectivity index (χ2v) is 3.86. The summed E-state index contributed by atoms with van der Waals surface area (Å²) in [5, 5.41) is 2.48. The highest BCUT2D eigenvalue weighted by atomic mass is 35.5. The molecule has 0 aromatic heterocycles. The van der Waals surface area contributed by atoms with Crippen LogP contribution in [0.15, 0.2) is 36.4 Å². The van der Waals surface area contributed by atoms with Crippen LogP contribution < -0.4 is 11.5 Å². The van der Waals surface area contributed by atoms with E-state index in [-0.39, 0.29) is 18.4 Å². The quantitative estimate of drug-likeness (QED) is 0.842. The first-order valence-electron chi connectivity index (χ1n) is 5.18. The molecule has 0 spiro atoms. The third-order valence-corrected chi connectivity index (χ3v) is 2.83. The van der Waals surface area contributed by atoms with Crippen molar-refractivity contribution < 1.29 is 0 Å². The molecule has 86 valence electrons. The molecule has 3 heteroatoms. The third-order valence-electron chi connectivity index (χ3n) is 2.83. The van der Waals surface area contributed by atoms with Crippen molar-refractivity contribution in [2.75, 3.05) is 6.54 Å². The molecule has 0 fully saturated rings. The van der Waals surface area contributed by atoms with Crippen molar-refractivity contribution >= 4 is 23.2 Å². The fraction of sp³-hybridized carbons (Fsp3) is 0.231. The molecule has 0 aliphatic rings. The summed E-state index contributed by atoms with van der Waals surface area (Å²) in [5.74, 6) is 0. The predicted octanol–water partition coefficient (Wildman–Crippen LogP) is 2.53. The van der Waals surface area contributed by atoms with Gasteiger partial charge >= 0.3 is 0 Å². The zero-order valence-corrected chi connectivity index (χ0v) is 10.1. The van der Waals surface area contributed by atoms with Gasteiger partial charge in [-0.05, 0) is 28.8 Å². The lowest BCUT2D eigenvalue weighted by molar-refractivity contribution is 0.743. The van der Waals surface area contributed by atoms with Gasteiger partial charge in [0.2, 0.25) is 0 Å². The van der Waals surface area contributed by atoms with E-state index in [0.717, 1.165) is 5.56 Å². The minimum atomic E-state index is -0.0736. The summed E-state index contributed by atoms with van der Waals surface area (Å²) in [4.78, 5) is 0. The van der Waals surface area contributed by atoms with Gasteiger partial charge in [0.15, 0.2) is 0 Å². The lowest BCUT2D eigenvalue weighted by atomic mass is 9.96. The molecule has 1 atom stereocenters. The summed E-state index contributed by atoms with van der Waals surface area (Å²) >= 11 is 0. The minimum Gasteiger partial charge on any atom is -0.329 e. The van der Waals surface area contributed by atoms with Gasteiger partial charge in [-0.2, -0.15) is 0 Å². The topological polar surface area (TPSA) is 52.0 Å². The maximum absolute atomic E-state index is 5.99. The Morgan fingerprint density at radius 1 is 1.06 bits per heavy atom. The number of hydrogen-bond acceptors (Lipinski definition) is 2. The van der Waals surface area contributed by atoms with E-state index in [1.165, 1.54) is 16.3 Å². The summed E-state index contributed by atoms with van der Waals surface area (Å²) in [6.07, 6.45) is 0. The molecule has 2 aromatic rings. The Morgan fingerprint density at radius 3 is 2.31 bits per heavy atom. The van der Waals surface area contributed by atoms with Gasteiger partial charge < -0.3 is 11.5 Å². The molecular weight excluding hydrogens is 220 g/mol. The van der Waals surface area contributed by atoms with Crippen LogP contribution in [0.2, 0.25) is 0 Å². The molecule has 0 aliphatic heterocycles. The van der Waals surface area contributed by atoms with Crippen LogP contribution in [0.1, 0.15) is 17.2 Å². The van der Waals surface area contributed by atoms with E-state index in [2.05, 4.69) is 31.2 Å². The molecule has 0 heterocycles. The van der Waals surface area contributed by atoms with E-state index in [9.17, 15) is 0 Å². The maximum atomic E-state index is 5.99. The molecule has 0 radical (unpaired) electrons. The Hall–Kier alpha value is -1.09. The average molecular weight is 237 g/mol. The Bertz CT molecular complexity index is 482. The Morgan fingerprint density at radius 2 is 1.69 bits per heavy atom. The van der Waals surface area contributed by atoms with E-state index < -0.39 is 0 Å². The number of aryl methyl sites for hydroxylation is 1. The average Bonchev–Trinajstić information content (AvgIpc) is 2.29. The SMILES string of the molecule is Cc1ccc([C@@H](N)CN)c2ccccc12.Cl. The normalized spacial score (nSPS) is 12.2. The zero-order valence-electron chi connectivity index (χ0n) is 9.31. The van der Waals surface area contributed by atoms with E-state index in [4.69, 9.17) is 11.5 Å². The highest BCUT2D eigenvalue weighted by molar-refractivity contribution is 5.88. The van der Waals surface area contributed by atoms with Gasteiger partial charge in [-0.3, -0.25) is 0 Å². The van der Waals surface area contributed by atoms with Gasteiger partial charge in [-0.1, -0.05) is 36.4 Å². The fourth-order valence-corrected chi connectivity index (χ4v) is 1.92. The molecule has 0 aliphatic carbocycles. The van der Waals surface area contributed by atoms with Crippen LogP contribution in [-0.2, 0) is 0 Å². The number of benzene rings is 2. The summed E-state index contributed by atoms with van der Waals surface area (Å²) < 4.78 is 0. The third kappa shape index (κ3) is 2.19. The largest absolute Gasteiger partial charge is 0.329 e. The standard InChI is InChI=1S/C13H16N2.ClH/c1-9-6-7-12(13(15)8-14)11-5-3-2-4-10(9)11;/h2-7,13H,8,14-15H2,1H3;1H/t13-;/m0./s1. The second kappa shape index (κ2) is 5.30. The first-order valence-corrected chi connectivity index (χ1v) is 5.18. The van der Waals surface area contributed by atoms with Crippen molar-refractivity contribution in [1.82, 2.24) is 0 Å². The van der Waals surface area contributed by atoms with E-state index in [0.29, 0.717) is 6.54 Å². The van der Waals surface area contributed by atoms with Gasteiger partial charge in [-0.25, -0.2) is 0 Å². The molecule has 2 aromatic carbocycles. The van der Waals surface area contributed by atoms with E-state index in [1.54, 1.807) is 0 Å². The Labute approximate surface area is 102 Å². The minimum absolute atomic E-state index is 0. The number of hydrogen-bond donors (Lipinski definition) is 2.